The maximum absolute atomic E-state index is 11.8. The van der Waals surface area contributed by atoms with E-state index in [1.165, 1.54) is 4.31 Å². The van der Waals surface area contributed by atoms with Gasteiger partial charge < -0.3 is 9.32 Å². The van der Waals surface area contributed by atoms with Crippen LogP contribution in [0.2, 0.25) is 0 Å². The summed E-state index contributed by atoms with van der Waals surface area (Å²) in [7, 11) is -3.12. The molecule has 0 saturated carbocycles. The molecule has 1 aliphatic rings. The van der Waals surface area contributed by atoms with Crippen LogP contribution in [-0.2, 0) is 10.0 Å². The van der Waals surface area contributed by atoms with Gasteiger partial charge in [0.05, 0.1) is 11.3 Å². The summed E-state index contributed by atoms with van der Waals surface area (Å²) in [6.07, 6.45) is 0. The Morgan fingerprint density at radius 1 is 1.24 bits per heavy atom. The second kappa shape index (κ2) is 5.19. The number of anilines is 1. The van der Waals surface area contributed by atoms with E-state index in [0.717, 1.165) is 5.69 Å². The summed E-state index contributed by atoms with van der Waals surface area (Å²) in [5.74, 6) is -0.339. The monoisotopic (exact) mass is 311 g/mol. The smallest absolute Gasteiger partial charge is 0.408 e. The Morgan fingerprint density at radius 3 is 2.62 bits per heavy atom. The lowest BCUT2D eigenvalue weighted by atomic mass is 10.2. The Kier molecular flexibility index (Phi) is 3.50. The third-order valence-corrected chi connectivity index (χ3v) is 5.65. The summed E-state index contributed by atoms with van der Waals surface area (Å²) in [6, 6.07) is 5.50. The molecule has 1 fully saturated rings. The van der Waals surface area contributed by atoms with Gasteiger partial charge in [0.25, 0.3) is 0 Å². The van der Waals surface area contributed by atoms with E-state index in [2.05, 4.69) is 9.88 Å². The van der Waals surface area contributed by atoms with Crippen molar-refractivity contribution < 1.29 is 12.8 Å². The first kappa shape index (κ1) is 14.2. The number of piperazine rings is 1. The number of fused-ring (bicyclic) bond motifs is 1. The Labute approximate surface area is 122 Å². The first-order chi connectivity index (χ1) is 9.99. The average Bonchev–Trinajstić information content (AvgIpc) is 2.86. The summed E-state index contributed by atoms with van der Waals surface area (Å²) < 4.78 is 30.2. The maximum Gasteiger partial charge on any atom is 0.417 e. The number of nitrogens with one attached hydrogen (secondary N) is 1. The van der Waals surface area contributed by atoms with Gasteiger partial charge in [-0.25, -0.2) is 13.2 Å². The van der Waals surface area contributed by atoms with E-state index in [0.29, 0.717) is 37.3 Å². The van der Waals surface area contributed by atoms with Crippen LogP contribution in [0.3, 0.4) is 0 Å². The lowest BCUT2D eigenvalue weighted by molar-refractivity contribution is 0.385. The number of aromatic amines is 1. The molecule has 21 heavy (non-hydrogen) atoms. The number of oxazole rings is 1. The molecule has 2 heterocycles. The molecule has 3 rings (SSSR count). The largest absolute Gasteiger partial charge is 0.417 e. The van der Waals surface area contributed by atoms with Crippen molar-refractivity contribution in [1.82, 2.24) is 9.29 Å². The van der Waals surface area contributed by atoms with Crippen LogP contribution < -0.4 is 10.7 Å². The molecular formula is C13H17N3O4S. The molecule has 8 heteroatoms. The standard InChI is InChI=1S/C13H17N3O4S/c1-2-21(18,19)16-7-5-15(6-8-16)10-3-4-11-12(9-10)20-13(17)14-11/h3-4,9H,2,5-8H2,1H3,(H,14,17). The minimum atomic E-state index is -3.12. The van der Waals surface area contributed by atoms with Gasteiger partial charge in [0.2, 0.25) is 10.0 Å². The van der Waals surface area contributed by atoms with Crippen LogP contribution in [0.1, 0.15) is 6.92 Å². The van der Waals surface area contributed by atoms with Crippen LogP contribution in [0.4, 0.5) is 5.69 Å². The highest BCUT2D eigenvalue weighted by atomic mass is 32.2. The fourth-order valence-electron chi connectivity index (χ4n) is 2.54. The van der Waals surface area contributed by atoms with E-state index >= 15 is 0 Å². The van der Waals surface area contributed by atoms with Crippen LogP contribution in [-0.4, -0.2) is 49.6 Å². The molecule has 0 unspecified atom stereocenters. The number of sulfonamides is 1. The van der Waals surface area contributed by atoms with Crippen molar-refractivity contribution in [2.24, 2.45) is 0 Å². The van der Waals surface area contributed by atoms with Crippen LogP contribution in [0.25, 0.3) is 11.1 Å². The highest BCUT2D eigenvalue weighted by Crippen LogP contribution is 2.22. The molecule has 0 bridgehead atoms. The fourth-order valence-corrected chi connectivity index (χ4v) is 3.62. The van der Waals surface area contributed by atoms with Crippen molar-refractivity contribution in [1.29, 1.82) is 0 Å². The summed E-state index contributed by atoms with van der Waals surface area (Å²) >= 11 is 0. The van der Waals surface area contributed by atoms with Crippen molar-refractivity contribution in [3.05, 3.63) is 28.7 Å². The highest BCUT2D eigenvalue weighted by molar-refractivity contribution is 7.89. The number of H-pyrrole nitrogens is 1. The molecule has 1 aromatic carbocycles. The lowest BCUT2D eigenvalue weighted by Crippen LogP contribution is -2.49. The van der Waals surface area contributed by atoms with Crippen molar-refractivity contribution in [3.8, 4) is 0 Å². The third kappa shape index (κ3) is 2.68. The van der Waals surface area contributed by atoms with Gasteiger partial charge in [0, 0.05) is 37.9 Å². The van der Waals surface area contributed by atoms with Gasteiger partial charge in [0.1, 0.15) is 0 Å². The third-order valence-electron chi connectivity index (χ3n) is 3.77. The van der Waals surface area contributed by atoms with Crippen molar-refractivity contribution in [3.63, 3.8) is 0 Å². The summed E-state index contributed by atoms with van der Waals surface area (Å²) in [5, 5.41) is 0. The van der Waals surface area contributed by atoms with Crippen molar-refractivity contribution in [2.75, 3.05) is 36.8 Å². The van der Waals surface area contributed by atoms with Crippen LogP contribution >= 0.6 is 0 Å². The minimum absolute atomic E-state index is 0.132. The summed E-state index contributed by atoms with van der Waals surface area (Å²) in [6.45, 7) is 3.86. The molecule has 114 valence electrons. The zero-order valence-corrected chi connectivity index (χ0v) is 12.5. The SMILES string of the molecule is CCS(=O)(=O)N1CCN(c2ccc3[nH]c(=O)oc3c2)CC1. The van der Waals surface area contributed by atoms with E-state index in [-0.39, 0.29) is 5.75 Å². The van der Waals surface area contributed by atoms with E-state index in [9.17, 15) is 13.2 Å². The molecule has 1 N–H and O–H groups in total. The van der Waals surface area contributed by atoms with Gasteiger partial charge in [-0.15, -0.1) is 0 Å². The average molecular weight is 311 g/mol. The normalized spacial score (nSPS) is 17.5. The first-order valence-electron chi connectivity index (χ1n) is 6.85. The lowest BCUT2D eigenvalue weighted by Gasteiger charge is -2.35. The predicted octanol–water partition coefficient (Wildman–Crippen LogP) is 0.593. The predicted molar refractivity (Wildman–Crippen MR) is 80.1 cm³/mol. The zero-order chi connectivity index (χ0) is 15.0. The minimum Gasteiger partial charge on any atom is -0.408 e. The topological polar surface area (TPSA) is 86.6 Å². The summed E-state index contributed by atoms with van der Waals surface area (Å²) in [5.41, 5.74) is 2.11. The number of hydrogen-bond acceptors (Lipinski definition) is 5. The maximum atomic E-state index is 11.8. The van der Waals surface area contributed by atoms with Crippen LogP contribution in [0.5, 0.6) is 0 Å². The molecule has 0 amide bonds. The van der Waals surface area contributed by atoms with E-state index in [1.807, 2.05) is 6.07 Å². The molecule has 1 aliphatic heterocycles. The Bertz CT molecular complexity index is 800. The van der Waals surface area contributed by atoms with Gasteiger partial charge in [-0.3, -0.25) is 4.98 Å². The van der Waals surface area contributed by atoms with E-state index in [1.54, 1.807) is 19.1 Å². The van der Waals surface area contributed by atoms with Gasteiger partial charge in [-0.2, -0.15) is 4.31 Å². The Balaban J connectivity index is 1.78. The molecule has 7 nitrogen and oxygen atoms in total. The molecule has 0 aliphatic carbocycles. The van der Waals surface area contributed by atoms with Gasteiger partial charge in [-0.05, 0) is 19.1 Å². The number of aromatic nitrogens is 1. The second-order valence-corrected chi connectivity index (χ2v) is 7.24. The molecule has 2 aromatic rings. The van der Waals surface area contributed by atoms with E-state index in [4.69, 9.17) is 4.42 Å². The molecule has 0 atom stereocenters. The molecule has 1 aromatic heterocycles. The number of nitrogens with zero attached hydrogens (tertiary/aromatic N) is 2. The number of rotatable bonds is 3. The molecule has 0 radical (unpaired) electrons. The first-order valence-corrected chi connectivity index (χ1v) is 8.46. The fraction of sp³-hybridized carbons (Fsp3) is 0.462. The molecule has 1 saturated heterocycles. The Hall–Kier alpha value is -1.80. The molecular weight excluding hydrogens is 294 g/mol. The van der Waals surface area contributed by atoms with Crippen LogP contribution in [0, 0.1) is 0 Å². The highest BCUT2D eigenvalue weighted by Gasteiger charge is 2.25. The van der Waals surface area contributed by atoms with Gasteiger partial charge in [0.15, 0.2) is 5.58 Å². The number of hydrogen-bond donors (Lipinski definition) is 1. The quantitative estimate of drug-likeness (QED) is 0.896. The van der Waals surface area contributed by atoms with Gasteiger partial charge in [-0.1, -0.05) is 0 Å². The number of benzene rings is 1. The van der Waals surface area contributed by atoms with Crippen molar-refractivity contribution >= 4 is 26.8 Å². The Morgan fingerprint density at radius 2 is 1.95 bits per heavy atom. The molecule has 0 spiro atoms. The second-order valence-electron chi connectivity index (χ2n) is 4.98. The van der Waals surface area contributed by atoms with Crippen molar-refractivity contribution in [2.45, 2.75) is 6.92 Å². The van der Waals surface area contributed by atoms with Crippen LogP contribution in [0.15, 0.2) is 27.4 Å². The van der Waals surface area contributed by atoms with E-state index < -0.39 is 15.8 Å². The zero-order valence-electron chi connectivity index (χ0n) is 11.7. The van der Waals surface area contributed by atoms with Gasteiger partial charge >= 0.3 is 5.76 Å². The summed E-state index contributed by atoms with van der Waals surface area (Å²) in [4.78, 5) is 15.8.